The molecule has 1 amide bonds. The maximum absolute atomic E-state index is 14.3. The standard InChI is InChI=1S/C23H28FN3O3/c1-3-11-26-20-16(17(13-28)21(26)22(29)25-4-2)12-27-19(20)10-9-15(23(27)30)14-7-5-6-8-18(14)24/h5-10,16-17,20-21,28H,3-4,11-13H2,1-2H3,(H,25,29)/t16-,17-,20+,21-/m1/s1. The number of aliphatic hydroxyl groups is 1. The molecule has 2 aliphatic rings. The summed E-state index contributed by atoms with van der Waals surface area (Å²) in [6.45, 7) is 5.46. The molecule has 7 heteroatoms. The third-order valence-electron chi connectivity index (χ3n) is 6.46. The number of aliphatic hydroxyl groups excluding tert-OH is 1. The molecule has 0 saturated carbocycles. The Bertz CT molecular complexity index is 1010. The van der Waals surface area contributed by atoms with Crippen LogP contribution in [-0.4, -0.2) is 46.2 Å². The molecule has 0 bridgehead atoms. The number of benzene rings is 1. The van der Waals surface area contributed by atoms with Crippen molar-refractivity contribution < 1.29 is 14.3 Å². The van der Waals surface area contributed by atoms with E-state index in [4.69, 9.17) is 0 Å². The smallest absolute Gasteiger partial charge is 0.258 e. The van der Waals surface area contributed by atoms with Gasteiger partial charge in [-0.25, -0.2) is 4.39 Å². The molecule has 6 nitrogen and oxygen atoms in total. The fourth-order valence-corrected chi connectivity index (χ4v) is 5.29. The van der Waals surface area contributed by atoms with E-state index in [1.807, 2.05) is 13.0 Å². The van der Waals surface area contributed by atoms with Gasteiger partial charge in [-0.1, -0.05) is 25.1 Å². The molecule has 0 unspecified atom stereocenters. The normalized spacial score (nSPS) is 25.2. The molecule has 1 saturated heterocycles. The summed E-state index contributed by atoms with van der Waals surface area (Å²) in [5, 5.41) is 13.1. The van der Waals surface area contributed by atoms with E-state index in [1.165, 1.54) is 6.07 Å². The number of aromatic nitrogens is 1. The number of pyridine rings is 1. The maximum atomic E-state index is 14.3. The van der Waals surface area contributed by atoms with Crippen LogP contribution in [0.4, 0.5) is 4.39 Å². The van der Waals surface area contributed by atoms with Gasteiger partial charge < -0.3 is 15.0 Å². The summed E-state index contributed by atoms with van der Waals surface area (Å²) in [6.07, 6.45) is 0.856. The summed E-state index contributed by atoms with van der Waals surface area (Å²) in [7, 11) is 0. The first-order chi connectivity index (χ1) is 14.5. The first-order valence-corrected chi connectivity index (χ1v) is 10.7. The predicted molar refractivity (Wildman–Crippen MR) is 112 cm³/mol. The highest BCUT2D eigenvalue weighted by Gasteiger charge is 2.55. The molecule has 1 aromatic carbocycles. The van der Waals surface area contributed by atoms with Crippen molar-refractivity contribution in [2.24, 2.45) is 11.8 Å². The topological polar surface area (TPSA) is 74.6 Å². The largest absolute Gasteiger partial charge is 0.396 e. The Morgan fingerprint density at radius 3 is 2.63 bits per heavy atom. The lowest BCUT2D eigenvalue weighted by Crippen LogP contribution is -2.48. The van der Waals surface area contributed by atoms with Crippen molar-refractivity contribution in [1.29, 1.82) is 0 Å². The molecule has 4 atom stereocenters. The maximum Gasteiger partial charge on any atom is 0.258 e. The van der Waals surface area contributed by atoms with Gasteiger partial charge in [0.05, 0.1) is 17.6 Å². The number of hydrogen-bond acceptors (Lipinski definition) is 4. The van der Waals surface area contributed by atoms with Crippen molar-refractivity contribution in [3.63, 3.8) is 0 Å². The number of likely N-dealkylation sites (tertiary alicyclic amines) is 1. The number of carbonyl (C=O) groups is 1. The van der Waals surface area contributed by atoms with E-state index in [9.17, 15) is 19.1 Å². The quantitative estimate of drug-likeness (QED) is 0.761. The van der Waals surface area contributed by atoms with Crippen molar-refractivity contribution in [2.45, 2.75) is 38.9 Å². The molecular formula is C23H28FN3O3. The van der Waals surface area contributed by atoms with Crippen LogP contribution in [-0.2, 0) is 11.3 Å². The lowest BCUT2D eigenvalue weighted by molar-refractivity contribution is -0.127. The zero-order chi connectivity index (χ0) is 21.4. The summed E-state index contributed by atoms with van der Waals surface area (Å²) in [5.41, 5.74) is 1.23. The summed E-state index contributed by atoms with van der Waals surface area (Å²) in [5.74, 6) is -0.802. The van der Waals surface area contributed by atoms with Crippen molar-refractivity contribution >= 4 is 5.91 Å². The number of carbonyl (C=O) groups excluding carboxylic acids is 1. The second-order valence-corrected chi connectivity index (χ2v) is 8.10. The second-order valence-electron chi connectivity index (χ2n) is 8.10. The third-order valence-corrected chi connectivity index (χ3v) is 6.46. The number of hydrogen-bond donors (Lipinski definition) is 2. The second kappa shape index (κ2) is 8.32. The fourth-order valence-electron chi connectivity index (χ4n) is 5.29. The molecule has 2 aromatic rings. The minimum atomic E-state index is -0.425. The Hall–Kier alpha value is -2.51. The molecule has 0 spiro atoms. The summed E-state index contributed by atoms with van der Waals surface area (Å²) >= 11 is 0. The Labute approximate surface area is 175 Å². The van der Waals surface area contributed by atoms with Gasteiger partial charge in [-0.15, -0.1) is 0 Å². The van der Waals surface area contributed by atoms with Gasteiger partial charge in [0.2, 0.25) is 5.91 Å². The van der Waals surface area contributed by atoms with Crippen LogP contribution < -0.4 is 10.9 Å². The lowest BCUT2D eigenvalue weighted by Gasteiger charge is -2.30. The van der Waals surface area contributed by atoms with Gasteiger partial charge in [0, 0.05) is 42.8 Å². The zero-order valence-electron chi connectivity index (χ0n) is 17.3. The van der Waals surface area contributed by atoms with Gasteiger partial charge in [-0.2, -0.15) is 0 Å². The van der Waals surface area contributed by atoms with Gasteiger partial charge in [0.25, 0.3) is 5.56 Å². The van der Waals surface area contributed by atoms with Crippen molar-refractivity contribution in [3.8, 4) is 11.1 Å². The van der Waals surface area contributed by atoms with Crippen LogP contribution in [0.15, 0.2) is 41.2 Å². The SMILES string of the molecule is CCCN1[C@@H]2c3ccc(-c4ccccc4F)c(=O)n3C[C@@H]2[C@@H](CO)[C@@H]1C(=O)NCC. The van der Waals surface area contributed by atoms with Crippen molar-refractivity contribution in [3.05, 3.63) is 58.3 Å². The molecule has 0 aliphatic carbocycles. The van der Waals surface area contributed by atoms with E-state index in [2.05, 4.69) is 17.1 Å². The molecule has 0 radical (unpaired) electrons. The van der Waals surface area contributed by atoms with Gasteiger partial charge in [0.15, 0.2) is 0 Å². The van der Waals surface area contributed by atoms with Gasteiger partial charge in [0.1, 0.15) is 5.82 Å². The number of rotatable bonds is 6. The summed E-state index contributed by atoms with van der Waals surface area (Å²) < 4.78 is 16.0. The Kier molecular flexibility index (Phi) is 5.75. The van der Waals surface area contributed by atoms with Crippen molar-refractivity contribution in [1.82, 2.24) is 14.8 Å². The van der Waals surface area contributed by atoms with E-state index >= 15 is 0 Å². The molecule has 1 aromatic heterocycles. The molecule has 2 aliphatic heterocycles. The molecule has 2 N–H and O–H groups in total. The number of halogens is 1. The first-order valence-electron chi connectivity index (χ1n) is 10.7. The Morgan fingerprint density at radius 1 is 1.20 bits per heavy atom. The van der Waals surface area contributed by atoms with E-state index in [0.29, 0.717) is 30.8 Å². The van der Waals surface area contributed by atoms with Crippen LogP contribution in [0.1, 0.15) is 32.0 Å². The van der Waals surface area contributed by atoms with Crippen LogP contribution in [0, 0.1) is 17.7 Å². The fraction of sp³-hybridized carbons (Fsp3) is 0.478. The summed E-state index contributed by atoms with van der Waals surface area (Å²) in [6, 6.07) is 9.31. The Balaban J connectivity index is 1.78. The average molecular weight is 413 g/mol. The number of fused-ring (bicyclic) bond motifs is 3. The van der Waals surface area contributed by atoms with Gasteiger partial charge in [-0.05, 0) is 38.1 Å². The molecule has 4 rings (SSSR count). The van der Waals surface area contributed by atoms with Crippen LogP contribution in [0.2, 0.25) is 0 Å². The molecule has 160 valence electrons. The van der Waals surface area contributed by atoms with Crippen LogP contribution >= 0.6 is 0 Å². The molecule has 1 fully saturated rings. The molecule has 30 heavy (non-hydrogen) atoms. The number of nitrogens with zero attached hydrogens (tertiary/aromatic N) is 2. The highest BCUT2D eigenvalue weighted by atomic mass is 19.1. The molecular weight excluding hydrogens is 385 g/mol. The predicted octanol–water partition coefficient (Wildman–Crippen LogP) is 2.16. The van der Waals surface area contributed by atoms with Gasteiger partial charge in [-0.3, -0.25) is 14.5 Å². The lowest BCUT2D eigenvalue weighted by atomic mass is 9.88. The average Bonchev–Trinajstić information content (AvgIpc) is 3.25. The number of nitrogens with one attached hydrogen (secondary N) is 1. The highest BCUT2D eigenvalue weighted by Crippen LogP contribution is 2.49. The zero-order valence-corrected chi connectivity index (χ0v) is 17.3. The Morgan fingerprint density at radius 2 is 1.97 bits per heavy atom. The van der Waals surface area contributed by atoms with E-state index < -0.39 is 11.9 Å². The van der Waals surface area contributed by atoms with E-state index in [-0.39, 0.29) is 36.0 Å². The highest BCUT2D eigenvalue weighted by molar-refractivity contribution is 5.82. The first kappa shape index (κ1) is 20.8. The molecule has 3 heterocycles. The minimum Gasteiger partial charge on any atom is -0.396 e. The van der Waals surface area contributed by atoms with Crippen LogP contribution in [0.5, 0.6) is 0 Å². The van der Waals surface area contributed by atoms with Crippen molar-refractivity contribution in [2.75, 3.05) is 19.7 Å². The van der Waals surface area contributed by atoms with E-state index in [0.717, 1.165) is 12.1 Å². The van der Waals surface area contributed by atoms with Gasteiger partial charge >= 0.3 is 0 Å². The summed E-state index contributed by atoms with van der Waals surface area (Å²) in [4.78, 5) is 28.2. The minimum absolute atomic E-state index is 0.0438. The van der Waals surface area contributed by atoms with E-state index in [1.54, 1.807) is 28.8 Å². The van der Waals surface area contributed by atoms with Crippen LogP contribution in [0.25, 0.3) is 11.1 Å². The van der Waals surface area contributed by atoms with Crippen LogP contribution in [0.3, 0.4) is 0 Å². The monoisotopic (exact) mass is 413 g/mol. The third kappa shape index (κ3) is 3.17. The number of amides is 1. The number of likely N-dealkylation sites (N-methyl/N-ethyl adjacent to an activating group) is 1.